The number of aliphatic hydroxyl groups is 1. The zero-order chi connectivity index (χ0) is 14.0. The van der Waals surface area contributed by atoms with Gasteiger partial charge in [0, 0.05) is 25.3 Å². The lowest BCUT2D eigenvalue weighted by Crippen LogP contribution is -2.39. The molecule has 1 saturated heterocycles. The lowest BCUT2D eigenvalue weighted by molar-refractivity contribution is 0.0649. The van der Waals surface area contributed by atoms with Gasteiger partial charge in [-0.25, -0.2) is 13.2 Å². The SMILES string of the molecule is O=C(c1cc(F)c(F)c(F)c1)N1CCC(CO)CC1. The third-order valence-electron chi connectivity index (χ3n) is 3.39. The highest BCUT2D eigenvalue weighted by Gasteiger charge is 2.24. The van der Waals surface area contributed by atoms with E-state index in [0.29, 0.717) is 38.1 Å². The first kappa shape index (κ1) is 13.9. The van der Waals surface area contributed by atoms with E-state index >= 15 is 0 Å². The van der Waals surface area contributed by atoms with Gasteiger partial charge in [0.05, 0.1) is 0 Å². The van der Waals surface area contributed by atoms with Crippen molar-refractivity contribution in [2.24, 2.45) is 5.92 Å². The monoisotopic (exact) mass is 273 g/mol. The number of rotatable bonds is 2. The minimum Gasteiger partial charge on any atom is -0.396 e. The van der Waals surface area contributed by atoms with E-state index in [2.05, 4.69) is 0 Å². The second kappa shape index (κ2) is 5.61. The van der Waals surface area contributed by atoms with Crippen LogP contribution in [0.25, 0.3) is 0 Å². The van der Waals surface area contributed by atoms with E-state index < -0.39 is 23.4 Å². The molecule has 3 nitrogen and oxygen atoms in total. The second-order valence-corrected chi connectivity index (χ2v) is 4.67. The number of benzene rings is 1. The smallest absolute Gasteiger partial charge is 0.254 e. The number of carbonyl (C=O) groups is 1. The van der Waals surface area contributed by atoms with Crippen LogP contribution in [-0.2, 0) is 0 Å². The Labute approximate surface area is 108 Å². The molecule has 0 aliphatic carbocycles. The number of nitrogens with zero attached hydrogens (tertiary/aromatic N) is 1. The van der Waals surface area contributed by atoms with Crippen molar-refractivity contribution >= 4 is 5.91 Å². The third kappa shape index (κ3) is 2.89. The number of amides is 1. The van der Waals surface area contributed by atoms with E-state index in [-0.39, 0.29) is 18.1 Å². The van der Waals surface area contributed by atoms with Crippen molar-refractivity contribution in [2.75, 3.05) is 19.7 Å². The summed E-state index contributed by atoms with van der Waals surface area (Å²) in [6.45, 7) is 0.914. The number of hydrogen-bond donors (Lipinski definition) is 1. The maximum absolute atomic E-state index is 13.1. The molecule has 0 radical (unpaired) electrons. The molecule has 0 spiro atoms. The fraction of sp³-hybridized carbons (Fsp3) is 0.462. The topological polar surface area (TPSA) is 40.5 Å². The van der Waals surface area contributed by atoms with Crippen molar-refractivity contribution in [3.05, 3.63) is 35.1 Å². The second-order valence-electron chi connectivity index (χ2n) is 4.67. The fourth-order valence-corrected chi connectivity index (χ4v) is 2.18. The summed E-state index contributed by atoms with van der Waals surface area (Å²) in [7, 11) is 0. The van der Waals surface area contributed by atoms with E-state index in [4.69, 9.17) is 5.11 Å². The van der Waals surface area contributed by atoms with E-state index in [0.717, 1.165) is 0 Å². The molecule has 1 heterocycles. The van der Waals surface area contributed by atoms with Gasteiger partial charge in [0.25, 0.3) is 5.91 Å². The molecule has 1 N–H and O–H groups in total. The van der Waals surface area contributed by atoms with Crippen molar-refractivity contribution in [3.63, 3.8) is 0 Å². The van der Waals surface area contributed by atoms with E-state index in [1.54, 1.807) is 0 Å². The van der Waals surface area contributed by atoms with Crippen LogP contribution in [0.5, 0.6) is 0 Å². The third-order valence-corrected chi connectivity index (χ3v) is 3.39. The Morgan fingerprint density at radius 2 is 1.74 bits per heavy atom. The lowest BCUT2D eigenvalue weighted by Gasteiger charge is -2.31. The van der Waals surface area contributed by atoms with E-state index in [9.17, 15) is 18.0 Å². The van der Waals surface area contributed by atoms with Crippen LogP contribution >= 0.6 is 0 Å². The van der Waals surface area contributed by atoms with Gasteiger partial charge in [-0.05, 0) is 30.9 Å². The number of carbonyl (C=O) groups excluding carboxylic acids is 1. The molecule has 6 heteroatoms. The summed E-state index contributed by atoms with van der Waals surface area (Å²) in [5, 5.41) is 8.99. The number of piperidine rings is 1. The van der Waals surface area contributed by atoms with Crippen LogP contribution in [0.1, 0.15) is 23.2 Å². The molecule has 0 aromatic heterocycles. The standard InChI is InChI=1S/C13H14F3NO2/c14-10-5-9(6-11(15)12(10)16)13(19)17-3-1-8(7-18)2-4-17/h5-6,8,18H,1-4,7H2. The Kier molecular flexibility index (Phi) is 4.09. The first-order chi connectivity index (χ1) is 9.02. The maximum Gasteiger partial charge on any atom is 0.254 e. The van der Waals surface area contributed by atoms with Crippen LogP contribution in [-0.4, -0.2) is 35.6 Å². The number of aliphatic hydroxyl groups excluding tert-OH is 1. The molecule has 1 aliphatic rings. The van der Waals surface area contributed by atoms with Crippen LogP contribution in [0.3, 0.4) is 0 Å². The van der Waals surface area contributed by atoms with E-state index in [1.807, 2.05) is 0 Å². The summed E-state index contributed by atoms with van der Waals surface area (Å²) in [4.78, 5) is 13.5. The zero-order valence-corrected chi connectivity index (χ0v) is 10.2. The Bertz CT molecular complexity index is 462. The number of likely N-dealkylation sites (tertiary alicyclic amines) is 1. The quantitative estimate of drug-likeness (QED) is 0.837. The van der Waals surface area contributed by atoms with Gasteiger partial charge in [-0.3, -0.25) is 4.79 Å². The summed E-state index contributed by atoms with van der Waals surface area (Å²) < 4.78 is 38.9. The largest absolute Gasteiger partial charge is 0.396 e. The predicted molar refractivity (Wildman–Crippen MR) is 62.0 cm³/mol. The summed E-state index contributed by atoms with van der Waals surface area (Å²) in [6.07, 6.45) is 1.29. The molecule has 1 fully saturated rings. The maximum atomic E-state index is 13.1. The molecule has 1 amide bonds. The molecule has 1 aliphatic heterocycles. The van der Waals surface area contributed by atoms with Crippen molar-refractivity contribution < 1.29 is 23.1 Å². The highest BCUT2D eigenvalue weighted by molar-refractivity contribution is 5.94. The van der Waals surface area contributed by atoms with Gasteiger partial charge in [0.2, 0.25) is 0 Å². The van der Waals surface area contributed by atoms with Crippen molar-refractivity contribution in [1.29, 1.82) is 0 Å². The van der Waals surface area contributed by atoms with Crippen LogP contribution < -0.4 is 0 Å². The summed E-state index contributed by atoms with van der Waals surface area (Å²) >= 11 is 0. The zero-order valence-electron chi connectivity index (χ0n) is 10.2. The highest BCUT2D eigenvalue weighted by atomic mass is 19.2. The molecule has 0 atom stereocenters. The molecule has 1 aromatic carbocycles. The van der Waals surface area contributed by atoms with Crippen LogP contribution in [0.2, 0.25) is 0 Å². The van der Waals surface area contributed by atoms with Gasteiger partial charge in [-0.15, -0.1) is 0 Å². The van der Waals surface area contributed by atoms with Crippen molar-refractivity contribution in [1.82, 2.24) is 4.90 Å². The molecule has 19 heavy (non-hydrogen) atoms. The molecular formula is C13H14F3NO2. The van der Waals surface area contributed by atoms with Crippen molar-refractivity contribution in [2.45, 2.75) is 12.8 Å². The Hall–Kier alpha value is -1.56. The summed E-state index contributed by atoms with van der Waals surface area (Å²) in [6, 6.07) is 1.41. The molecule has 2 rings (SSSR count). The van der Waals surface area contributed by atoms with Crippen LogP contribution in [0.15, 0.2) is 12.1 Å². The van der Waals surface area contributed by atoms with Crippen LogP contribution in [0, 0.1) is 23.4 Å². The Morgan fingerprint density at radius 1 is 1.21 bits per heavy atom. The minimum absolute atomic E-state index is 0.0713. The first-order valence-electron chi connectivity index (χ1n) is 6.07. The molecular weight excluding hydrogens is 259 g/mol. The van der Waals surface area contributed by atoms with Crippen molar-refractivity contribution in [3.8, 4) is 0 Å². The average Bonchev–Trinajstić information content (AvgIpc) is 2.43. The van der Waals surface area contributed by atoms with Gasteiger partial charge < -0.3 is 10.0 Å². The Balaban J connectivity index is 2.12. The molecule has 1 aromatic rings. The average molecular weight is 273 g/mol. The lowest BCUT2D eigenvalue weighted by atomic mass is 9.97. The van der Waals surface area contributed by atoms with Crippen LogP contribution in [0.4, 0.5) is 13.2 Å². The van der Waals surface area contributed by atoms with Gasteiger partial charge >= 0.3 is 0 Å². The molecule has 0 bridgehead atoms. The molecule has 104 valence electrons. The number of halogens is 3. The normalized spacial score (nSPS) is 16.7. The van der Waals surface area contributed by atoms with Gasteiger partial charge in [-0.1, -0.05) is 0 Å². The minimum atomic E-state index is -1.57. The van der Waals surface area contributed by atoms with E-state index in [1.165, 1.54) is 4.90 Å². The predicted octanol–water partition coefficient (Wildman–Crippen LogP) is 1.95. The first-order valence-corrected chi connectivity index (χ1v) is 6.07. The summed E-state index contributed by atoms with van der Waals surface area (Å²) in [5.74, 6) is -4.67. The van der Waals surface area contributed by atoms with Gasteiger partial charge in [0.15, 0.2) is 17.5 Å². The number of hydrogen-bond acceptors (Lipinski definition) is 2. The highest BCUT2D eigenvalue weighted by Crippen LogP contribution is 2.20. The van der Waals surface area contributed by atoms with Gasteiger partial charge in [0.1, 0.15) is 0 Å². The van der Waals surface area contributed by atoms with Gasteiger partial charge in [-0.2, -0.15) is 0 Å². The summed E-state index contributed by atoms with van der Waals surface area (Å²) in [5.41, 5.74) is -0.196. The molecule has 0 saturated carbocycles. The molecule has 0 unspecified atom stereocenters. The fourth-order valence-electron chi connectivity index (χ4n) is 2.18. The Morgan fingerprint density at radius 3 is 2.21 bits per heavy atom.